The molecular weight excluding hydrogens is 261 g/mol. The lowest BCUT2D eigenvalue weighted by Crippen LogP contribution is -2.07. The Labute approximate surface area is 107 Å². The summed E-state index contributed by atoms with van der Waals surface area (Å²) in [5.74, 6) is -0.531. The predicted octanol–water partition coefficient (Wildman–Crippen LogP) is 1.68. The molecule has 0 aliphatic rings. The van der Waals surface area contributed by atoms with Crippen LogP contribution in [0, 0.1) is 5.82 Å². The van der Waals surface area contributed by atoms with E-state index >= 15 is 0 Å². The maximum atomic E-state index is 13.4. The monoisotopic (exact) mass is 269 g/mol. The van der Waals surface area contributed by atoms with E-state index in [1.54, 1.807) is 12.1 Å². The highest BCUT2D eigenvalue weighted by Gasteiger charge is 2.07. The van der Waals surface area contributed by atoms with Crippen molar-refractivity contribution in [1.29, 1.82) is 0 Å². The van der Waals surface area contributed by atoms with Gasteiger partial charge in [-0.05, 0) is 12.1 Å². The van der Waals surface area contributed by atoms with E-state index in [0.29, 0.717) is 10.8 Å². The highest BCUT2D eigenvalue weighted by Crippen LogP contribution is 2.13. The third-order valence-corrected chi connectivity index (χ3v) is 2.23. The number of anilines is 1. The van der Waals surface area contributed by atoms with E-state index in [1.807, 2.05) is 0 Å². The number of hydrogen-bond acceptors (Lipinski definition) is 6. The Morgan fingerprint density at radius 3 is 2.89 bits per heavy atom. The van der Waals surface area contributed by atoms with Gasteiger partial charge in [0, 0.05) is 0 Å². The van der Waals surface area contributed by atoms with Crippen LogP contribution < -0.4 is 10.1 Å². The second kappa shape index (κ2) is 5.54. The maximum absolute atomic E-state index is 13.4. The summed E-state index contributed by atoms with van der Waals surface area (Å²) < 4.78 is 18.2. The van der Waals surface area contributed by atoms with Crippen LogP contribution in [0.4, 0.5) is 10.2 Å². The van der Waals surface area contributed by atoms with Crippen molar-refractivity contribution in [2.24, 2.45) is 0 Å². The average Bonchev–Trinajstić information content (AvgIpc) is 2.40. The Balaban J connectivity index is 2.07. The number of nitrogens with zero attached hydrogens (tertiary/aromatic N) is 4. The second-order valence-corrected chi connectivity index (χ2v) is 3.64. The van der Waals surface area contributed by atoms with Crippen molar-refractivity contribution >= 4 is 17.4 Å². The molecule has 0 aromatic carbocycles. The third kappa shape index (κ3) is 3.01. The highest BCUT2D eigenvalue weighted by atomic mass is 35.5. The number of methoxy groups -OCH3 is 1. The summed E-state index contributed by atoms with van der Waals surface area (Å²) in [5, 5.41) is 10.6. The van der Waals surface area contributed by atoms with E-state index in [2.05, 4.69) is 25.5 Å². The maximum Gasteiger partial charge on any atom is 0.318 e. The van der Waals surface area contributed by atoms with E-state index in [0.717, 1.165) is 6.20 Å². The van der Waals surface area contributed by atoms with Gasteiger partial charge in [-0.25, -0.2) is 9.37 Å². The molecule has 2 rings (SSSR count). The molecule has 0 unspecified atom stereocenters. The van der Waals surface area contributed by atoms with Gasteiger partial charge < -0.3 is 10.1 Å². The summed E-state index contributed by atoms with van der Waals surface area (Å²) >= 11 is 5.60. The Hall–Kier alpha value is -2.02. The Kier molecular flexibility index (Phi) is 3.83. The van der Waals surface area contributed by atoms with Gasteiger partial charge in [0.25, 0.3) is 0 Å². The van der Waals surface area contributed by atoms with Crippen LogP contribution >= 0.6 is 11.6 Å². The van der Waals surface area contributed by atoms with E-state index in [-0.39, 0.29) is 18.4 Å². The van der Waals surface area contributed by atoms with Crippen molar-refractivity contribution in [2.45, 2.75) is 6.54 Å². The van der Waals surface area contributed by atoms with Gasteiger partial charge in [-0.15, -0.1) is 5.10 Å². The van der Waals surface area contributed by atoms with Gasteiger partial charge >= 0.3 is 6.01 Å². The number of hydrogen-bond donors (Lipinski definition) is 1. The first-order chi connectivity index (χ1) is 8.69. The number of rotatable bonds is 4. The minimum absolute atomic E-state index is 0.0404. The van der Waals surface area contributed by atoms with Crippen molar-refractivity contribution in [1.82, 2.24) is 20.2 Å². The van der Waals surface area contributed by atoms with Crippen molar-refractivity contribution < 1.29 is 9.13 Å². The standard InChI is InChI=1S/C10H9ClFN5O/c1-18-10-14-5-7(12)9(15-10)13-4-6-2-3-8(11)17-16-6/h2-3,5H,4H2,1H3,(H,13,14,15). The molecule has 0 aliphatic carbocycles. The van der Waals surface area contributed by atoms with Crippen molar-refractivity contribution in [3.05, 3.63) is 35.0 Å². The lowest BCUT2D eigenvalue weighted by molar-refractivity contribution is 0.377. The van der Waals surface area contributed by atoms with Crippen LogP contribution in [0.5, 0.6) is 6.01 Å². The molecule has 0 atom stereocenters. The van der Waals surface area contributed by atoms with Gasteiger partial charge in [0.05, 0.1) is 25.5 Å². The van der Waals surface area contributed by atoms with Crippen LogP contribution in [0.25, 0.3) is 0 Å². The minimum Gasteiger partial charge on any atom is -0.467 e. The molecule has 0 fully saturated rings. The Bertz CT molecular complexity index is 536. The number of ether oxygens (including phenoxy) is 1. The molecule has 1 N–H and O–H groups in total. The molecule has 6 nitrogen and oxygen atoms in total. The molecule has 18 heavy (non-hydrogen) atoms. The van der Waals surface area contributed by atoms with Crippen LogP contribution in [-0.2, 0) is 6.54 Å². The summed E-state index contributed by atoms with van der Waals surface area (Å²) in [6.07, 6.45) is 1.03. The molecule has 2 heterocycles. The minimum atomic E-state index is -0.572. The first-order valence-electron chi connectivity index (χ1n) is 4.97. The van der Waals surface area contributed by atoms with Crippen LogP contribution in [-0.4, -0.2) is 27.3 Å². The topological polar surface area (TPSA) is 72.8 Å². The number of aromatic nitrogens is 4. The Morgan fingerprint density at radius 1 is 1.39 bits per heavy atom. The van der Waals surface area contributed by atoms with Gasteiger partial charge in [0.1, 0.15) is 0 Å². The zero-order chi connectivity index (χ0) is 13.0. The molecule has 0 bridgehead atoms. The van der Waals surface area contributed by atoms with Gasteiger partial charge in [0.2, 0.25) is 0 Å². The molecule has 2 aromatic rings. The molecule has 0 saturated carbocycles. The van der Waals surface area contributed by atoms with E-state index in [9.17, 15) is 4.39 Å². The summed E-state index contributed by atoms with van der Waals surface area (Å²) in [4.78, 5) is 7.46. The fourth-order valence-electron chi connectivity index (χ4n) is 1.19. The lowest BCUT2D eigenvalue weighted by Gasteiger charge is -2.06. The van der Waals surface area contributed by atoms with Crippen molar-refractivity contribution in [3.63, 3.8) is 0 Å². The molecular formula is C10H9ClFN5O. The quantitative estimate of drug-likeness (QED) is 0.910. The van der Waals surface area contributed by atoms with E-state index in [1.165, 1.54) is 7.11 Å². The van der Waals surface area contributed by atoms with Gasteiger partial charge in [-0.1, -0.05) is 11.6 Å². The van der Waals surface area contributed by atoms with Crippen LogP contribution in [0.3, 0.4) is 0 Å². The lowest BCUT2D eigenvalue weighted by atomic mass is 10.4. The third-order valence-electron chi connectivity index (χ3n) is 2.03. The first kappa shape index (κ1) is 12.4. The van der Waals surface area contributed by atoms with Crippen molar-refractivity contribution in [3.8, 4) is 6.01 Å². The zero-order valence-corrected chi connectivity index (χ0v) is 10.1. The molecule has 8 heteroatoms. The van der Waals surface area contributed by atoms with Gasteiger partial charge in [-0.2, -0.15) is 10.1 Å². The zero-order valence-electron chi connectivity index (χ0n) is 9.39. The number of nitrogens with one attached hydrogen (secondary N) is 1. The van der Waals surface area contributed by atoms with Crippen LogP contribution in [0.2, 0.25) is 5.15 Å². The molecule has 0 aliphatic heterocycles. The molecule has 94 valence electrons. The SMILES string of the molecule is COc1ncc(F)c(NCc2ccc(Cl)nn2)n1. The summed E-state index contributed by atoms with van der Waals surface area (Å²) in [6.45, 7) is 0.265. The van der Waals surface area contributed by atoms with E-state index < -0.39 is 5.82 Å². The largest absolute Gasteiger partial charge is 0.467 e. The van der Waals surface area contributed by atoms with Gasteiger partial charge in [0.15, 0.2) is 16.8 Å². The molecule has 2 aromatic heterocycles. The molecule has 0 radical (unpaired) electrons. The highest BCUT2D eigenvalue weighted by molar-refractivity contribution is 6.29. The Morgan fingerprint density at radius 2 is 2.22 bits per heavy atom. The molecule has 0 saturated heterocycles. The summed E-state index contributed by atoms with van der Waals surface area (Å²) in [5.41, 5.74) is 0.608. The van der Waals surface area contributed by atoms with Crippen LogP contribution in [0.15, 0.2) is 18.3 Å². The first-order valence-corrected chi connectivity index (χ1v) is 5.35. The predicted molar refractivity (Wildman–Crippen MR) is 62.9 cm³/mol. The average molecular weight is 270 g/mol. The van der Waals surface area contributed by atoms with E-state index in [4.69, 9.17) is 16.3 Å². The van der Waals surface area contributed by atoms with Crippen molar-refractivity contribution in [2.75, 3.05) is 12.4 Å². The summed E-state index contributed by atoms with van der Waals surface area (Å²) in [6, 6.07) is 3.36. The fraction of sp³-hybridized carbons (Fsp3) is 0.200. The summed E-state index contributed by atoms with van der Waals surface area (Å²) in [7, 11) is 1.40. The number of halogens is 2. The van der Waals surface area contributed by atoms with Gasteiger partial charge in [-0.3, -0.25) is 0 Å². The smallest absolute Gasteiger partial charge is 0.318 e. The molecule has 0 spiro atoms. The van der Waals surface area contributed by atoms with Crippen LogP contribution in [0.1, 0.15) is 5.69 Å². The second-order valence-electron chi connectivity index (χ2n) is 3.25. The molecule has 0 amide bonds. The fourth-order valence-corrected chi connectivity index (χ4v) is 1.29. The normalized spacial score (nSPS) is 10.2.